The molecule has 2 rings (SSSR count). The Bertz CT molecular complexity index is 572. The molecule has 0 bridgehead atoms. The fraction of sp³-hybridized carbons (Fsp3) is 0.333. The molecule has 1 unspecified atom stereocenters. The summed E-state index contributed by atoms with van der Waals surface area (Å²) < 4.78 is 1.88. The Labute approximate surface area is 98.3 Å². The predicted molar refractivity (Wildman–Crippen MR) is 63.1 cm³/mol. The van der Waals surface area contributed by atoms with E-state index in [0.29, 0.717) is 12.1 Å². The van der Waals surface area contributed by atoms with Gasteiger partial charge in [-0.2, -0.15) is 0 Å². The lowest BCUT2D eigenvalue weighted by Crippen LogP contribution is -2.12. The summed E-state index contributed by atoms with van der Waals surface area (Å²) in [4.78, 5) is 15.1. The molecule has 1 heterocycles. The number of aryl methyl sites for hydroxylation is 1. The third kappa shape index (κ3) is 2.14. The topological polar surface area (TPSA) is 75.3 Å². The summed E-state index contributed by atoms with van der Waals surface area (Å²) in [7, 11) is 0. The number of aliphatic hydroxyl groups excluding tert-OH is 1. The summed E-state index contributed by atoms with van der Waals surface area (Å²) in [6.45, 7) is 3.99. The third-order valence-electron chi connectivity index (χ3n) is 2.63. The highest BCUT2D eigenvalue weighted by Crippen LogP contribution is 2.18. The Hall–Kier alpha value is -1.88. The van der Waals surface area contributed by atoms with Gasteiger partial charge in [-0.05, 0) is 32.0 Å². The van der Waals surface area contributed by atoms with Crippen LogP contribution in [0.1, 0.15) is 23.1 Å². The van der Waals surface area contributed by atoms with Gasteiger partial charge in [0, 0.05) is 0 Å². The van der Waals surface area contributed by atoms with Crippen LogP contribution < -0.4 is 0 Å². The number of fused-ring (bicyclic) bond motifs is 1. The number of benzene rings is 1. The van der Waals surface area contributed by atoms with Crippen molar-refractivity contribution in [3.05, 3.63) is 29.6 Å². The highest BCUT2D eigenvalue weighted by atomic mass is 16.4. The van der Waals surface area contributed by atoms with E-state index in [2.05, 4.69) is 4.98 Å². The standard InChI is InChI=1S/C12H14N2O3/c1-7(15)6-14-8(2)13-10-5-9(12(16)17)3-4-11(10)14/h3-5,7,15H,6H2,1-2H3,(H,16,17). The number of hydrogen-bond acceptors (Lipinski definition) is 3. The molecule has 0 radical (unpaired) electrons. The van der Waals surface area contributed by atoms with Gasteiger partial charge in [0.1, 0.15) is 5.82 Å². The van der Waals surface area contributed by atoms with Gasteiger partial charge in [-0.1, -0.05) is 0 Å². The minimum atomic E-state index is -0.963. The van der Waals surface area contributed by atoms with Crippen molar-refractivity contribution < 1.29 is 15.0 Å². The van der Waals surface area contributed by atoms with Crippen LogP contribution in [0.4, 0.5) is 0 Å². The maximum absolute atomic E-state index is 10.8. The molecule has 0 aliphatic heterocycles. The summed E-state index contributed by atoms with van der Waals surface area (Å²) in [6.07, 6.45) is -0.467. The van der Waals surface area contributed by atoms with Crippen molar-refractivity contribution in [2.75, 3.05) is 0 Å². The van der Waals surface area contributed by atoms with Crippen LogP contribution >= 0.6 is 0 Å². The first kappa shape index (κ1) is 11.6. The average molecular weight is 234 g/mol. The fourth-order valence-corrected chi connectivity index (χ4v) is 1.88. The molecule has 0 saturated heterocycles. The quantitative estimate of drug-likeness (QED) is 0.842. The first-order valence-corrected chi connectivity index (χ1v) is 5.37. The van der Waals surface area contributed by atoms with Gasteiger partial charge in [0.2, 0.25) is 0 Å². The first-order valence-electron chi connectivity index (χ1n) is 5.37. The van der Waals surface area contributed by atoms with Crippen molar-refractivity contribution in [1.82, 2.24) is 9.55 Å². The second-order valence-electron chi connectivity index (χ2n) is 4.13. The zero-order valence-electron chi connectivity index (χ0n) is 9.71. The molecule has 2 N–H and O–H groups in total. The molecule has 2 aromatic rings. The van der Waals surface area contributed by atoms with E-state index in [1.54, 1.807) is 25.1 Å². The number of imidazole rings is 1. The third-order valence-corrected chi connectivity index (χ3v) is 2.63. The minimum absolute atomic E-state index is 0.221. The smallest absolute Gasteiger partial charge is 0.335 e. The monoisotopic (exact) mass is 234 g/mol. The minimum Gasteiger partial charge on any atom is -0.478 e. The maximum atomic E-state index is 10.8. The van der Waals surface area contributed by atoms with E-state index in [1.807, 2.05) is 11.5 Å². The molecule has 0 fully saturated rings. The molecule has 90 valence electrons. The van der Waals surface area contributed by atoms with Crippen LogP contribution in [-0.2, 0) is 6.54 Å². The Kier molecular flexibility index (Phi) is 2.85. The normalized spacial score (nSPS) is 12.9. The number of hydrogen-bond donors (Lipinski definition) is 2. The molecule has 0 spiro atoms. The maximum Gasteiger partial charge on any atom is 0.335 e. The lowest BCUT2D eigenvalue weighted by Gasteiger charge is -2.08. The molecular weight excluding hydrogens is 220 g/mol. The van der Waals surface area contributed by atoms with Crippen molar-refractivity contribution >= 4 is 17.0 Å². The van der Waals surface area contributed by atoms with Gasteiger partial charge >= 0.3 is 5.97 Å². The van der Waals surface area contributed by atoms with Gasteiger partial charge in [0.05, 0.1) is 29.2 Å². The van der Waals surface area contributed by atoms with E-state index in [9.17, 15) is 9.90 Å². The second kappa shape index (κ2) is 4.18. The zero-order valence-corrected chi connectivity index (χ0v) is 9.71. The molecule has 0 aliphatic rings. The largest absolute Gasteiger partial charge is 0.478 e. The molecule has 0 aliphatic carbocycles. The van der Waals surface area contributed by atoms with E-state index >= 15 is 0 Å². The lowest BCUT2D eigenvalue weighted by molar-refractivity contribution is 0.0697. The number of aromatic carboxylic acids is 1. The Morgan fingerprint density at radius 1 is 1.53 bits per heavy atom. The fourth-order valence-electron chi connectivity index (χ4n) is 1.88. The molecule has 0 saturated carbocycles. The van der Waals surface area contributed by atoms with Crippen molar-refractivity contribution in [2.45, 2.75) is 26.5 Å². The average Bonchev–Trinajstić information content (AvgIpc) is 2.54. The number of carboxylic acids is 1. The van der Waals surface area contributed by atoms with Gasteiger partial charge < -0.3 is 14.8 Å². The SMILES string of the molecule is Cc1nc2cc(C(=O)O)ccc2n1CC(C)O. The van der Waals surface area contributed by atoms with E-state index < -0.39 is 12.1 Å². The second-order valence-corrected chi connectivity index (χ2v) is 4.13. The van der Waals surface area contributed by atoms with Crippen LogP contribution in [0, 0.1) is 6.92 Å². The van der Waals surface area contributed by atoms with Crippen LogP contribution in [-0.4, -0.2) is 31.8 Å². The molecule has 17 heavy (non-hydrogen) atoms. The highest BCUT2D eigenvalue weighted by molar-refractivity contribution is 5.92. The van der Waals surface area contributed by atoms with E-state index in [0.717, 1.165) is 11.3 Å². The lowest BCUT2D eigenvalue weighted by atomic mass is 10.2. The van der Waals surface area contributed by atoms with Crippen molar-refractivity contribution in [2.24, 2.45) is 0 Å². The number of aromatic nitrogens is 2. The van der Waals surface area contributed by atoms with Crippen molar-refractivity contribution in [1.29, 1.82) is 0 Å². The molecule has 1 aromatic heterocycles. The Morgan fingerprint density at radius 3 is 2.82 bits per heavy atom. The van der Waals surface area contributed by atoms with Gasteiger partial charge in [-0.15, -0.1) is 0 Å². The van der Waals surface area contributed by atoms with Crippen LogP contribution in [0.25, 0.3) is 11.0 Å². The Balaban J connectivity index is 2.56. The molecular formula is C12H14N2O3. The summed E-state index contributed by atoms with van der Waals surface area (Å²) in [5, 5.41) is 18.3. The van der Waals surface area contributed by atoms with E-state index in [-0.39, 0.29) is 5.56 Å². The summed E-state index contributed by atoms with van der Waals surface area (Å²) >= 11 is 0. The summed E-state index contributed by atoms with van der Waals surface area (Å²) in [6, 6.07) is 4.81. The molecule has 0 amide bonds. The van der Waals surface area contributed by atoms with Gasteiger partial charge in [0.15, 0.2) is 0 Å². The molecule has 5 nitrogen and oxygen atoms in total. The number of aliphatic hydroxyl groups is 1. The van der Waals surface area contributed by atoms with Crippen LogP contribution in [0.3, 0.4) is 0 Å². The molecule has 1 aromatic carbocycles. The summed E-state index contributed by atoms with van der Waals surface area (Å²) in [5.41, 5.74) is 1.70. The molecule has 5 heteroatoms. The predicted octanol–water partition coefficient (Wildman–Crippen LogP) is 1.42. The molecule has 1 atom stereocenters. The van der Waals surface area contributed by atoms with E-state index in [1.165, 1.54) is 0 Å². The Morgan fingerprint density at radius 2 is 2.24 bits per heavy atom. The van der Waals surface area contributed by atoms with Gasteiger partial charge in [-0.25, -0.2) is 9.78 Å². The van der Waals surface area contributed by atoms with Crippen LogP contribution in [0.15, 0.2) is 18.2 Å². The van der Waals surface area contributed by atoms with Gasteiger partial charge in [-0.3, -0.25) is 0 Å². The van der Waals surface area contributed by atoms with Gasteiger partial charge in [0.25, 0.3) is 0 Å². The number of carbonyl (C=O) groups is 1. The number of rotatable bonds is 3. The van der Waals surface area contributed by atoms with Crippen molar-refractivity contribution in [3.8, 4) is 0 Å². The highest BCUT2D eigenvalue weighted by Gasteiger charge is 2.11. The summed E-state index contributed by atoms with van der Waals surface area (Å²) in [5.74, 6) is -0.196. The van der Waals surface area contributed by atoms with Crippen LogP contribution in [0.2, 0.25) is 0 Å². The van der Waals surface area contributed by atoms with Crippen LogP contribution in [0.5, 0.6) is 0 Å². The number of nitrogens with zero attached hydrogens (tertiary/aromatic N) is 2. The zero-order chi connectivity index (χ0) is 12.6. The number of carboxylic acid groups (broad SMARTS) is 1. The van der Waals surface area contributed by atoms with Crippen molar-refractivity contribution in [3.63, 3.8) is 0 Å². The first-order chi connectivity index (χ1) is 7.99. The van der Waals surface area contributed by atoms with E-state index in [4.69, 9.17) is 5.11 Å².